The van der Waals surface area contributed by atoms with Gasteiger partial charge in [-0.05, 0) is 54.8 Å². The molecule has 2 saturated heterocycles. The summed E-state index contributed by atoms with van der Waals surface area (Å²) in [4.78, 5) is 26.2. The number of pyridine rings is 1. The molecule has 36 heavy (non-hydrogen) atoms. The zero-order valence-electron chi connectivity index (χ0n) is 20.1. The van der Waals surface area contributed by atoms with E-state index in [4.69, 9.17) is 16.6 Å². The second-order valence-electron chi connectivity index (χ2n) is 9.54. The number of hydrogen-bond donors (Lipinski definition) is 2. The molecule has 2 fully saturated rings. The second-order valence-corrected chi connectivity index (χ2v) is 9.95. The maximum absolute atomic E-state index is 12.5. The van der Waals surface area contributed by atoms with E-state index in [1.807, 2.05) is 29.3 Å². The van der Waals surface area contributed by atoms with E-state index in [2.05, 4.69) is 50.8 Å². The minimum atomic E-state index is -0.0632. The van der Waals surface area contributed by atoms with Gasteiger partial charge in [0.1, 0.15) is 0 Å². The van der Waals surface area contributed by atoms with E-state index in [0.717, 1.165) is 91.6 Å². The average Bonchev–Trinajstić information content (AvgIpc) is 3.60. The molecule has 0 saturated carbocycles. The molecule has 3 aliphatic rings. The van der Waals surface area contributed by atoms with Gasteiger partial charge in [-0.2, -0.15) is 0 Å². The fraction of sp³-hybridized carbons (Fsp3) is 0.321. The molecule has 2 amide bonds. The van der Waals surface area contributed by atoms with Gasteiger partial charge in [0, 0.05) is 85.0 Å². The summed E-state index contributed by atoms with van der Waals surface area (Å²) < 4.78 is 0. The highest BCUT2D eigenvalue weighted by Crippen LogP contribution is 2.34. The highest BCUT2D eigenvalue weighted by molar-refractivity contribution is 6.34. The van der Waals surface area contributed by atoms with Gasteiger partial charge in [0.15, 0.2) is 5.82 Å². The van der Waals surface area contributed by atoms with Gasteiger partial charge in [0.2, 0.25) is 0 Å². The van der Waals surface area contributed by atoms with Gasteiger partial charge < -0.3 is 20.4 Å². The Kier molecular flexibility index (Phi) is 6.34. The first-order valence-electron chi connectivity index (χ1n) is 12.6. The van der Waals surface area contributed by atoms with Crippen LogP contribution in [0.25, 0.3) is 11.1 Å². The van der Waals surface area contributed by atoms with Crippen LogP contribution in [0.15, 0.2) is 59.7 Å². The summed E-state index contributed by atoms with van der Waals surface area (Å²) in [6.45, 7) is 5.73. The Balaban J connectivity index is 1.18. The topological polar surface area (TPSA) is 72.9 Å². The van der Waals surface area contributed by atoms with E-state index in [1.165, 1.54) is 5.69 Å². The third kappa shape index (κ3) is 4.68. The minimum absolute atomic E-state index is 0.0632. The average molecular weight is 501 g/mol. The quantitative estimate of drug-likeness (QED) is 0.521. The number of nitrogens with one attached hydrogen (secondary N) is 2. The molecule has 0 aliphatic carbocycles. The number of aromatic nitrogens is 1. The minimum Gasteiger partial charge on any atom is -0.369 e. The highest BCUT2D eigenvalue weighted by atomic mass is 35.5. The van der Waals surface area contributed by atoms with Crippen LogP contribution in [-0.2, 0) is 6.42 Å². The number of benzene rings is 2. The molecule has 0 atom stereocenters. The van der Waals surface area contributed by atoms with E-state index in [1.54, 1.807) is 0 Å². The molecule has 7 nitrogen and oxygen atoms in total. The summed E-state index contributed by atoms with van der Waals surface area (Å²) in [5.41, 5.74) is 6.98. The zero-order chi connectivity index (χ0) is 24.5. The number of likely N-dealkylation sites (tertiary alicyclic amines) is 1. The first-order chi connectivity index (χ1) is 17.6. The number of nitrogens with zero attached hydrogens (tertiary/aromatic N) is 4. The van der Waals surface area contributed by atoms with Crippen molar-refractivity contribution < 1.29 is 4.79 Å². The molecule has 3 aromatic rings. The molecule has 4 heterocycles. The Morgan fingerprint density at radius 1 is 0.944 bits per heavy atom. The van der Waals surface area contributed by atoms with Crippen molar-refractivity contribution in [3.05, 3.63) is 70.9 Å². The number of amides is 2. The van der Waals surface area contributed by atoms with Crippen molar-refractivity contribution >= 4 is 40.5 Å². The summed E-state index contributed by atoms with van der Waals surface area (Å²) in [7, 11) is 0. The van der Waals surface area contributed by atoms with Crippen molar-refractivity contribution in [3.8, 4) is 11.1 Å². The van der Waals surface area contributed by atoms with Crippen LogP contribution >= 0.6 is 11.6 Å². The maximum Gasteiger partial charge on any atom is 0.321 e. The summed E-state index contributed by atoms with van der Waals surface area (Å²) in [5, 5.41) is 7.02. The number of urea groups is 1. The fourth-order valence-electron chi connectivity index (χ4n) is 5.13. The number of halogens is 1. The number of anilines is 2. The summed E-state index contributed by atoms with van der Waals surface area (Å²) >= 11 is 6.56. The van der Waals surface area contributed by atoms with E-state index in [-0.39, 0.29) is 6.03 Å². The second kappa shape index (κ2) is 9.91. The molecular weight excluding hydrogens is 472 g/mol. The van der Waals surface area contributed by atoms with Crippen LogP contribution < -0.4 is 15.5 Å². The predicted molar refractivity (Wildman–Crippen MR) is 146 cm³/mol. The van der Waals surface area contributed by atoms with E-state index >= 15 is 0 Å². The van der Waals surface area contributed by atoms with Crippen molar-refractivity contribution in [2.45, 2.75) is 19.3 Å². The number of carbonyl (C=O) groups excluding carboxylic acids is 1. The molecule has 2 N–H and O–H groups in total. The molecule has 3 aliphatic heterocycles. The fourth-order valence-corrected chi connectivity index (χ4v) is 5.36. The monoisotopic (exact) mass is 500 g/mol. The Labute approximate surface area is 216 Å². The van der Waals surface area contributed by atoms with Gasteiger partial charge in [0.25, 0.3) is 0 Å². The van der Waals surface area contributed by atoms with Crippen molar-refractivity contribution in [2.24, 2.45) is 4.99 Å². The molecule has 8 heteroatoms. The number of piperazine rings is 1. The van der Waals surface area contributed by atoms with Crippen LogP contribution in [0.1, 0.15) is 24.0 Å². The van der Waals surface area contributed by atoms with Gasteiger partial charge in [-0.15, -0.1) is 0 Å². The number of rotatable bonds is 4. The van der Waals surface area contributed by atoms with Gasteiger partial charge in [-0.25, -0.2) is 14.8 Å². The van der Waals surface area contributed by atoms with Crippen LogP contribution in [0.2, 0.25) is 5.02 Å². The molecule has 1 aromatic heterocycles. The van der Waals surface area contributed by atoms with E-state index < -0.39 is 0 Å². The highest BCUT2D eigenvalue weighted by Gasteiger charge is 2.22. The SMILES string of the molecule is O=C(Nc1ccc(Cl)c(C2=Nc3ncc(-c4ccc(N5CCNCC5)cc4)cc3C2)c1)N1CCCC1. The molecule has 0 bridgehead atoms. The van der Waals surface area contributed by atoms with Crippen molar-refractivity contribution in [3.63, 3.8) is 0 Å². The standard InChI is InChI=1S/C28H29ClN6O/c29-25-8-5-22(32-28(36)35-11-1-2-12-35)17-24(25)26-16-20-15-21(18-31-27(20)33-26)19-3-6-23(7-4-19)34-13-9-30-10-14-34/h3-8,15,17-18,30H,1-2,9-14,16H2,(H,32,36). The Morgan fingerprint density at radius 3 is 2.50 bits per heavy atom. The van der Waals surface area contributed by atoms with Gasteiger partial charge >= 0.3 is 6.03 Å². The molecule has 0 radical (unpaired) electrons. The van der Waals surface area contributed by atoms with Crippen LogP contribution in [-0.4, -0.2) is 60.9 Å². The number of carbonyl (C=O) groups is 1. The smallest absolute Gasteiger partial charge is 0.321 e. The van der Waals surface area contributed by atoms with Crippen LogP contribution in [0.4, 0.5) is 22.0 Å². The lowest BCUT2D eigenvalue weighted by Crippen LogP contribution is -2.43. The van der Waals surface area contributed by atoms with Crippen molar-refractivity contribution in [1.29, 1.82) is 0 Å². The van der Waals surface area contributed by atoms with Crippen LogP contribution in [0.5, 0.6) is 0 Å². The first-order valence-corrected chi connectivity index (χ1v) is 13.0. The third-order valence-corrected chi connectivity index (χ3v) is 7.48. The summed E-state index contributed by atoms with van der Waals surface area (Å²) in [6, 6.07) is 16.4. The molecule has 2 aromatic carbocycles. The van der Waals surface area contributed by atoms with Crippen LogP contribution in [0, 0.1) is 0 Å². The van der Waals surface area contributed by atoms with Gasteiger partial charge in [0.05, 0.1) is 5.71 Å². The molecular formula is C28H29ClN6O. The molecule has 6 rings (SSSR count). The summed E-state index contributed by atoms with van der Waals surface area (Å²) in [5.74, 6) is 0.730. The lowest BCUT2D eigenvalue weighted by molar-refractivity contribution is 0.222. The Morgan fingerprint density at radius 2 is 1.72 bits per heavy atom. The molecule has 184 valence electrons. The van der Waals surface area contributed by atoms with Crippen LogP contribution in [0.3, 0.4) is 0 Å². The van der Waals surface area contributed by atoms with E-state index in [9.17, 15) is 4.79 Å². The zero-order valence-corrected chi connectivity index (χ0v) is 20.9. The summed E-state index contributed by atoms with van der Waals surface area (Å²) in [6.07, 6.45) is 4.66. The number of fused-ring (bicyclic) bond motifs is 1. The van der Waals surface area contributed by atoms with Crippen molar-refractivity contribution in [2.75, 3.05) is 49.5 Å². The first kappa shape index (κ1) is 23.0. The third-order valence-electron chi connectivity index (χ3n) is 7.15. The molecule has 0 unspecified atom stereocenters. The Hall–Kier alpha value is -3.42. The van der Waals surface area contributed by atoms with Gasteiger partial charge in [-0.1, -0.05) is 23.7 Å². The number of hydrogen-bond acceptors (Lipinski definition) is 5. The van der Waals surface area contributed by atoms with E-state index in [0.29, 0.717) is 11.4 Å². The normalized spacial score (nSPS) is 17.2. The Bertz CT molecular complexity index is 1310. The maximum atomic E-state index is 12.5. The predicted octanol–water partition coefficient (Wildman–Crippen LogP) is 5.12. The van der Waals surface area contributed by atoms with Gasteiger partial charge in [-0.3, -0.25) is 0 Å². The number of aliphatic imine (C=N–C) groups is 1. The lowest BCUT2D eigenvalue weighted by Gasteiger charge is -2.29. The molecule has 0 spiro atoms. The largest absolute Gasteiger partial charge is 0.369 e. The van der Waals surface area contributed by atoms with Crippen molar-refractivity contribution in [1.82, 2.24) is 15.2 Å². The lowest BCUT2D eigenvalue weighted by atomic mass is 10.0.